The van der Waals surface area contributed by atoms with Gasteiger partial charge in [0, 0.05) is 31.5 Å². The van der Waals surface area contributed by atoms with Crippen LogP contribution in [0.1, 0.15) is 24.0 Å². The maximum Gasteiger partial charge on any atom is 0.0995 e. The van der Waals surface area contributed by atoms with Crippen LogP contribution >= 0.6 is 0 Å². The Hall–Kier alpha value is -1.75. The van der Waals surface area contributed by atoms with Crippen molar-refractivity contribution in [3.05, 3.63) is 66.0 Å². The lowest BCUT2D eigenvalue weighted by Crippen LogP contribution is -2.42. The zero-order chi connectivity index (χ0) is 16.2. The number of ether oxygens (including phenoxy) is 2. The molecule has 2 bridgehead atoms. The van der Waals surface area contributed by atoms with Crippen molar-refractivity contribution in [3.8, 4) is 0 Å². The summed E-state index contributed by atoms with van der Waals surface area (Å²) in [5, 5.41) is 0. The number of hydrogen-bond donors (Lipinski definition) is 0. The van der Waals surface area contributed by atoms with E-state index in [1.54, 1.807) is 0 Å². The number of hydrogen-bond acceptors (Lipinski definition) is 4. The highest BCUT2D eigenvalue weighted by molar-refractivity contribution is 5.15. The van der Waals surface area contributed by atoms with Gasteiger partial charge in [0.05, 0.1) is 25.4 Å². The van der Waals surface area contributed by atoms with Crippen LogP contribution in [0.5, 0.6) is 0 Å². The minimum Gasteiger partial charge on any atom is -0.374 e. The Balaban J connectivity index is 1.45. The standard InChI is InChI=1S/C20H24N2O2/c1-2-4-16(5-3-1)14-22-12-13-23-19-7-6-18(22)20(19)24-15-17-8-10-21-11-9-17/h1-5,8-11,18-20H,6-7,12-15H2/t18-,19-,20-/m0/s1. The fourth-order valence-corrected chi connectivity index (χ4v) is 3.87. The highest BCUT2D eigenvalue weighted by Gasteiger charge is 2.42. The van der Waals surface area contributed by atoms with Crippen molar-refractivity contribution >= 4 is 0 Å². The molecule has 1 aromatic heterocycles. The first-order chi connectivity index (χ1) is 11.9. The van der Waals surface area contributed by atoms with Crippen LogP contribution in [0.4, 0.5) is 0 Å². The molecule has 1 aliphatic carbocycles. The van der Waals surface area contributed by atoms with Crippen molar-refractivity contribution < 1.29 is 9.47 Å². The van der Waals surface area contributed by atoms with Crippen LogP contribution in [0.15, 0.2) is 54.9 Å². The number of benzene rings is 1. The Morgan fingerprint density at radius 1 is 1.04 bits per heavy atom. The van der Waals surface area contributed by atoms with Crippen LogP contribution in [0.2, 0.25) is 0 Å². The van der Waals surface area contributed by atoms with E-state index in [1.807, 2.05) is 24.5 Å². The molecule has 2 aromatic rings. The molecule has 24 heavy (non-hydrogen) atoms. The lowest BCUT2D eigenvalue weighted by molar-refractivity contribution is -0.0614. The molecule has 4 heteroatoms. The summed E-state index contributed by atoms with van der Waals surface area (Å²) >= 11 is 0. The maximum absolute atomic E-state index is 6.31. The van der Waals surface area contributed by atoms with Crippen molar-refractivity contribution in [2.75, 3.05) is 13.2 Å². The van der Waals surface area contributed by atoms with Crippen LogP contribution in [0.3, 0.4) is 0 Å². The number of aromatic nitrogens is 1. The minimum atomic E-state index is 0.157. The Morgan fingerprint density at radius 2 is 1.88 bits per heavy atom. The first-order valence-corrected chi connectivity index (χ1v) is 8.80. The zero-order valence-electron chi connectivity index (χ0n) is 13.9. The van der Waals surface area contributed by atoms with Gasteiger partial charge in [0.2, 0.25) is 0 Å². The lowest BCUT2D eigenvalue weighted by Gasteiger charge is -2.31. The quantitative estimate of drug-likeness (QED) is 0.847. The van der Waals surface area contributed by atoms with Gasteiger partial charge in [-0.3, -0.25) is 9.88 Å². The smallest absolute Gasteiger partial charge is 0.0995 e. The second-order valence-electron chi connectivity index (χ2n) is 6.64. The molecule has 0 unspecified atom stereocenters. The average molecular weight is 324 g/mol. The molecule has 4 nitrogen and oxygen atoms in total. The fourth-order valence-electron chi connectivity index (χ4n) is 3.87. The third-order valence-corrected chi connectivity index (χ3v) is 5.09. The monoisotopic (exact) mass is 324 g/mol. The normalized spacial score (nSPS) is 27.1. The second-order valence-corrected chi connectivity index (χ2v) is 6.64. The number of nitrogens with zero attached hydrogens (tertiary/aromatic N) is 2. The van der Waals surface area contributed by atoms with Gasteiger partial charge < -0.3 is 9.47 Å². The Labute approximate surface area is 143 Å². The molecule has 1 aromatic carbocycles. The predicted octanol–water partition coefficient (Wildman–Crippen LogP) is 3.03. The van der Waals surface area contributed by atoms with Gasteiger partial charge in [0.25, 0.3) is 0 Å². The van der Waals surface area contributed by atoms with Gasteiger partial charge in [-0.25, -0.2) is 0 Å². The van der Waals surface area contributed by atoms with Crippen molar-refractivity contribution in [2.24, 2.45) is 0 Å². The summed E-state index contributed by atoms with van der Waals surface area (Å²) < 4.78 is 12.4. The molecule has 3 atom stereocenters. The van der Waals surface area contributed by atoms with E-state index in [9.17, 15) is 0 Å². The molecular formula is C20H24N2O2. The largest absolute Gasteiger partial charge is 0.374 e. The van der Waals surface area contributed by atoms with Crippen LogP contribution in [0.25, 0.3) is 0 Å². The Bertz CT molecular complexity index is 635. The van der Waals surface area contributed by atoms with Gasteiger partial charge in [-0.1, -0.05) is 30.3 Å². The summed E-state index contributed by atoms with van der Waals surface area (Å²) in [6, 6.07) is 15.2. The molecule has 126 valence electrons. The fraction of sp³-hybridized carbons (Fsp3) is 0.450. The van der Waals surface area contributed by atoms with Crippen LogP contribution < -0.4 is 0 Å². The molecule has 2 heterocycles. The topological polar surface area (TPSA) is 34.6 Å². The molecular weight excluding hydrogens is 300 g/mol. The molecule has 2 fully saturated rings. The highest BCUT2D eigenvalue weighted by atomic mass is 16.5. The van der Waals surface area contributed by atoms with E-state index in [4.69, 9.17) is 9.47 Å². The molecule has 1 saturated heterocycles. The van der Waals surface area contributed by atoms with E-state index in [2.05, 4.69) is 40.2 Å². The molecule has 2 aliphatic rings. The van der Waals surface area contributed by atoms with Crippen molar-refractivity contribution in [3.63, 3.8) is 0 Å². The second kappa shape index (κ2) is 7.43. The molecule has 4 rings (SSSR count). The van der Waals surface area contributed by atoms with E-state index < -0.39 is 0 Å². The Kier molecular flexibility index (Phi) is 4.88. The van der Waals surface area contributed by atoms with E-state index in [0.717, 1.165) is 32.5 Å². The summed E-state index contributed by atoms with van der Waals surface area (Å²) in [4.78, 5) is 6.61. The third-order valence-electron chi connectivity index (χ3n) is 5.09. The van der Waals surface area contributed by atoms with E-state index in [1.165, 1.54) is 11.1 Å². The summed E-state index contributed by atoms with van der Waals surface area (Å²) in [5.41, 5.74) is 2.53. The van der Waals surface area contributed by atoms with E-state index >= 15 is 0 Å². The van der Waals surface area contributed by atoms with Crippen LogP contribution in [-0.2, 0) is 22.6 Å². The van der Waals surface area contributed by atoms with Gasteiger partial charge in [-0.05, 0) is 36.1 Å². The third kappa shape index (κ3) is 3.51. The molecule has 0 spiro atoms. The van der Waals surface area contributed by atoms with Gasteiger partial charge in [0.1, 0.15) is 0 Å². The highest BCUT2D eigenvalue weighted by Crippen LogP contribution is 2.33. The summed E-state index contributed by atoms with van der Waals surface area (Å²) in [6.45, 7) is 3.37. The van der Waals surface area contributed by atoms with Crippen molar-refractivity contribution in [1.82, 2.24) is 9.88 Å². The predicted molar refractivity (Wildman–Crippen MR) is 92.4 cm³/mol. The first kappa shape index (κ1) is 15.8. The minimum absolute atomic E-state index is 0.157. The van der Waals surface area contributed by atoms with E-state index in [-0.39, 0.29) is 12.2 Å². The van der Waals surface area contributed by atoms with Crippen molar-refractivity contribution in [2.45, 2.75) is 44.2 Å². The summed E-state index contributed by atoms with van der Waals surface area (Å²) in [6.07, 6.45) is 6.27. The Morgan fingerprint density at radius 3 is 2.71 bits per heavy atom. The number of rotatable bonds is 5. The van der Waals surface area contributed by atoms with Crippen molar-refractivity contribution in [1.29, 1.82) is 0 Å². The van der Waals surface area contributed by atoms with Gasteiger partial charge in [-0.15, -0.1) is 0 Å². The van der Waals surface area contributed by atoms with E-state index in [0.29, 0.717) is 12.6 Å². The summed E-state index contributed by atoms with van der Waals surface area (Å²) in [5.74, 6) is 0. The molecule has 1 saturated carbocycles. The molecule has 0 radical (unpaired) electrons. The van der Waals surface area contributed by atoms with Crippen LogP contribution in [-0.4, -0.2) is 41.3 Å². The maximum atomic E-state index is 6.31. The van der Waals surface area contributed by atoms with Gasteiger partial charge in [0.15, 0.2) is 0 Å². The number of pyridine rings is 1. The average Bonchev–Trinajstić information content (AvgIpc) is 2.94. The summed E-state index contributed by atoms with van der Waals surface area (Å²) in [7, 11) is 0. The SMILES string of the molecule is c1ccc(CN2CCO[C@H]3CC[C@H]2[C@@H]3OCc2ccncc2)cc1. The number of fused-ring (bicyclic) bond motifs is 2. The molecule has 1 aliphatic heterocycles. The van der Waals surface area contributed by atoms with Gasteiger partial charge in [-0.2, -0.15) is 0 Å². The lowest BCUT2D eigenvalue weighted by atomic mass is 10.1. The van der Waals surface area contributed by atoms with Gasteiger partial charge >= 0.3 is 0 Å². The molecule has 0 N–H and O–H groups in total. The van der Waals surface area contributed by atoms with Crippen LogP contribution in [0, 0.1) is 0 Å². The molecule has 0 amide bonds. The first-order valence-electron chi connectivity index (χ1n) is 8.80. The zero-order valence-corrected chi connectivity index (χ0v) is 13.9.